The largest absolute Gasteiger partial charge is 0.481 e. The van der Waals surface area contributed by atoms with Crippen molar-refractivity contribution in [3.8, 4) is 0 Å². The molecule has 4 bridgehead atoms. The molecule has 4 aliphatic carbocycles. The van der Waals surface area contributed by atoms with Gasteiger partial charge in [-0.3, -0.25) is 9.59 Å². The van der Waals surface area contributed by atoms with E-state index in [1.54, 1.807) is 0 Å². The highest BCUT2D eigenvalue weighted by Crippen LogP contribution is 2.63. The lowest BCUT2D eigenvalue weighted by atomic mass is 9.47. The van der Waals surface area contributed by atoms with Crippen molar-refractivity contribution in [2.45, 2.75) is 50.2 Å². The summed E-state index contributed by atoms with van der Waals surface area (Å²) in [6.07, 6.45) is 0.749. The molecule has 0 radical (unpaired) electrons. The molecule has 4 saturated carbocycles. The summed E-state index contributed by atoms with van der Waals surface area (Å²) in [5, 5.41) is 16.8. The number of alkyl halides is 3. The third-order valence-electron chi connectivity index (χ3n) is 7.32. The quantitative estimate of drug-likeness (QED) is 0.658. The Kier molecular flexibility index (Phi) is 4.64. The van der Waals surface area contributed by atoms with Crippen molar-refractivity contribution in [2.75, 3.05) is 5.32 Å². The lowest BCUT2D eigenvalue weighted by Gasteiger charge is -2.60. The van der Waals surface area contributed by atoms with E-state index >= 15 is 0 Å². The second-order valence-electron chi connectivity index (χ2n) is 9.56. The first-order valence-electron chi connectivity index (χ1n) is 10.5. The van der Waals surface area contributed by atoms with Gasteiger partial charge in [0.1, 0.15) is 5.02 Å². The molecule has 2 aromatic rings. The molecule has 2 unspecified atom stereocenters. The van der Waals surface area contributed by atoms with Crippen LogP contribution in [0.5, 0.6) is 0 Å². The van der Waals surface area contributed by atoms with E-state index in [9.17, 15) is 27.9 Å². The average molecular weight is 468 g/mol. The van der Waals surface area contributed by atoms with Crippen LogP contribution in [0.2, 0.25) is 5.02 Å². The van der Waals surface area contributed by atoms with Crippen molar-refractivity contribution >= 4 is 28.9 Å². The van der Waals surface area contributed by atoms with Crippen LogP contribution in [0.4, 0.5) is 24.5 Å². The molecule has 6 rings (SSSR count). The van der Waals surface area contributed by atoms with E-state index in [1.807, 2.05) is 0 Å². The molecular formula is C22H21ClF3N3O3. The highest BCUT2D eigenvalue weighted by Gasteiger charge is 2.62. The van der Waals surface area contributed by atoms with Crippen LogP contribution < -0.4 is 10.9 Å². The Morgan fingerprint density at radius 3 is 2.53 bits per heavy atom. The lowest BCUT2D eigenvalue weighted by molar-refractivity contribution is -0.173. The Balaban J connectivity index is 1.49. The number of benzene rings is 1. The minimum absolute atomic E-state index is 0.102. The van der Waals surface area contributed by atoms with Gasteiger partial charge in [0.25, 0.3) is 5.56 Å². The van der Waals surface area contributed by atoms with E-state index in [0.717, 1.165) is 18.6 Å². The zero-order valence-corrected chi connectivity index (χ0v) is 17.7. The number of carboxylic acids is 1. The number of anilines is 2. The van der Waals surface area contributed by atoms with Gasteiger partial charge >= 0.3 is 12.1 Å². The predicted octanol–water partition coefficient (Wildman–Crippen LogP) is 5.04. The molecule has 4 aliphatic rings. The first-order chi connectivity index (χ1) is 15.0. The van der Waals surface area contributed by atoms with Crippen molar-refractivity contribution in [1.82, 2.24) is 9.78 Å². The molecule has 32 heavy (non-hydrogen) atoms. The minimum atomic E-state index is -4.50. The average Bonchev–Trinajstić information content (AvgIpc) is 2.70. The zero-order chi connectivity index (χ0) is 22.9. The topological polar surface area (TPSA) is 84.2 Å². The highest BCUT2D eigenvalue weighted by atomic mass is 35.5. The molecule has 0 aliphatic heterocycles. The number of aromatic nitrogens is 2. The molecule has 1 aromatic heterocycles. The van der Waals surface area contributed by atoms with Crippen molar-refractivity contribution in [1.29, 1.82) is 0 Å². The maximum absolute atomic E-state index is 13.2. The number of hydrogen-bond donors (Lipinski definition) is 2. The van der Waals surface area contributed by atoms with Gasteiger partial charge in [0, 0.05) is 5.69 Å². The predicted molar refractivity (Wildman–Crippen MR) is 111 cm³/mol. The second-order valence-corrected chi connectivity index (χ2v) is 9.94. The number of halogens is 4. The van der Waals surface area contributed by atoms with Gasteiger partial charge < -0.3 is 10.4 Å². The zero-order valence-electron chi connectivity index (χ0n) is 17.0. The maximum atomic E-state index is 13.2. The molecule has 0 spiro atoms. The van der Waals surface area contributed by atoms with Gasteiger partial charge in [-0.2, -0.15) is 18.3 Å². The Morgan fingerprint density at radius 2 is 1.91 bits per heavy atom. The van der Waals surface area contributed by atoms with Crippen molar-refractivity contribution in [3.63, 3.8) is 0 Å². The SMILES string of the molecule is O=C(O)C12CC3CC(C1)CC(n1ncc(Nc4cccc(C(F)(F)F)c4)c(Cl)c1=O)(C3)C2. The summed E-state index contributed by atoms with van der Waals surface area (Å²) in [6.45, 7) is 0. The van der Waals surface area contributed by atoms with E-state index in [4.69, 9.17) is 11.6 Å². The van der Waals surface area contributed by atoms with Crippen molar-refractivity contribution in [3.05, 3.63) is 51.4 Å². The summed E-state index contributed by atoms with van der Waals surface area (Å²) < 4.78 is 40.3. The van der Waals surface area contributed by atoms with E-state index in [2.05, 4.69) is 10.4 Å². The summed E-state index contributed by atoms with van der Waals surface area (Å²) in [4.78, 5) is 25.3. The summed E-state index contributed by atoms with van der Waals surface area (Å²) in [7, 11) is 0. The monoisotopic (exact) mass is 467 g/mol. The Labute approximate surface area is 186 Å². The minimum Gasteiger partial charge on any atom is -0.481 e. The molecule has 10 heteroatoms. The number of carboxylic acid groups (broad SMARTS) is 1. The molecule has 1 heterocycles. The number of nitrogens with zero attached hydrogens (tertiary/aromatic N) is 2. The van der Waals surface area contributed by atoms with Crippen LogP contribution in [-0.2, 0) is 16.5 Å². The number of nitrogens with one attached hydrogen (secondary N) is 1. The highest BCUT2D eigenvalue weighted by molar-refractivity contribution is 6.33. The van der Waals surface area contributed by atoms with Crippen molar-refractivity contribution < 1.29 is 23.1 Å². The first kappa shape index (κ1) is 21.3. The molecule has 2 atom stereocenters. The molecule has 170 valence electrons. The number of carbonyl (C=O) groups is 1. The fraction of sp³-hybridized carbons (Fsp3) is 0.500. The van der Waals surface area contributed by atoms with Crippen LogP contribution in [0.15, 0.2) is 35.3 Å². The van der Waals surface area contributed by atoms with Crippen molar-refractivity contribution in [2.24, 2.45) is 17.3 Å². The second kappa shape index (κ2) is 6.97. The summed E-state index contributed by atoms with van der Waals surface area (Å²) >= 11 is 6.34. The molecule has 4 fully saturated rings. The van der Waals surface area contributed by atoms with Crippen LogP contribution >= 0.6 is 11.6 Å². The molecule has 1 aromatic carbocycles. The number of aliphatic carboxylic acids is 1. The van der Waals surface area contributed by atoms with Crippen LogP contribution in [0.3, 0.4) is 0 Å². The van der Waals surface area contributed by atoms with E-state index in [0.29, 0.717) is 32.1 Å². The fourth-order valence-electron chi connectivity index (χ4n) is 6.50. The normalized spacial score (nSPS) is 31.0. The van der Waals surface area contributed by atoms with Gasteiger partial charge in [-0.05, 0) is 68.6 Å². The molecule has 6 nitrogen and oxygen atoms in total. The summed E-state index contributed by atoms with van der Waals surface area (Å²) in [5.74, 6) is -0.372. The van der Waals surface area contributed by atoms with Crippen LogP contribution in [0, 0.1) is 17.3 Å². The van der Waals surface area contributed by atoms with E-state index < -0.39 is 34.2 Å². The number of hydrogen-bond acceptors (Lipinski definition) is 4. The van der Waals surface area contributed by atoms with Gasteiger partial charge in [-0.1, -0.05) is 17.7 Å². The Morgan fingerprint density at radius 1 is 1.22 bits per heavy atom. The smallest absolute Gasteiger partial charge is 0.416 e. The third-order valence-corrected chi connectivity index (χ3v) is 7.69. The number of rotatable bonds is 4. The van der Waals surface area contributed by atoms with Gasteiger partial charge in [0.15, 0.2) is 0 Å². The Hall–Kier alpha value is -2.55. The van der Waals surface area contributed by atoms with Gasteiger partial charge in [0.2, 0.25) is 0 Å². The van der Waals surface area contributed by atoms with Gasteiger partial charge in [-0.15, -0.1) is 0 Å². The third kappa shape index (κ3) is 3.29. The molecular weight excluding hydrogens is 447 g/mol. The standard InChI is InChI=1S/C22H21ClF3N3O3/c23-17-16(28-15-3-1-2-14(5-15)22(24,25)26)10-27-29(18(17)30)21-8-12-4-13(9-21)7-20(6-12,11-21)19(31)32/h1-3,5,10,12-13,28H,4,6-9,11H2,(H,31,32). The molecule has 2 N–H and O–H groups in total. The lowest BCUT2D eigenvalue weighted by Crippen LogP contribution is -2.61. The summed E-state index contributed by atoms with van der Waals surface area (Å²) in [5.41, 5.74) is -2.70. The fourth-order valence-corrected chi connectivity index (χ4v) is 6.67. The van der Waals surface area contributed by atoms with Gasteiger partial charge in [-0.25, -0.2) is 4.68 Å². The Bertz CT molecular complexity index is 1150. The van der Waals surface area contributed by atoms with Gasteiger partial charge in [0.05, 0.1) is 28.4 Å². The van der Waals surface area contributed by atoms with E-state index in [1.165, 1.54) is 23.0 Å². The van der Waals surface area contributed by atoms with E-state index in [-0.39, 0.29) is 28.2 Å². The maximum Gasteiger partial charge on any atom is 0.416 e. The van der Waals surface area contributed by atoms with Crippen LogP contribution in [-0.4, -0.2) is 20.9 Å². The van der Waals surface area contributed by atoms with Crippen LogP contribution in [0.1, 0.15) is 44.1 Å². The first-order valence-corrected chi connectivity index (χ1v) is 10.9. The molecule has 0 saturated heterocycles. The molecule has 0 amide bonds. The van der Waals surface area contributed by atoms with Crippen LogP contribution in [0.25, 0.3) is 0 Å². The summed E-state index contributed by atoms with van der Waals surface area (Å²) in [6, 6.07) is 4.58.